The van der Waals surface area contributed by atoms with E-state index in [1.165, 1.54) is 55.2 Å². The third-order valence-electron chi connectivity index (χ3n) is 3.67. The van der Waals surface area contributed by atoms with Crippen molar-refractivity contribution >= 4 is 23.2 Å². The molecule has 1 aromatic rings. The van der Waals surface area contributed by atoms with Crippen LogP contribution in [0.1, 0.15) is 32.1 Å². The predicted octanol–water partition coefficient (Wildman–Crippen LogP) is 2.27. The lowest BCUT2D eigenvalue weighted by molar-refractivity contribution is -0.892. The average Bonchev–Trinajstić information content (AvgIpc) is 2.37. The number of carbonyl (C=O) groups excluding carboxylic acids is 1. The molecule has 0 bridgehead atoms. The molecule has 0 radical (unpaired) electrons. The molecule has 0 aromatic heterocycles. The monoisotopic (exact) mass is 299 g/mol. The van der Waals surface area contributed by atoms with Gasteiger partial charge in [0.15, 0.2) is 6.54 Å². The van der Waals surface area contributed by atoms with E-state index < -0.39 is 5.82 Å². The fourth-order valence-electron chi connectivity index (χ4n) is 2.59. The van der Waals surface area contributed by atoms with E-state index in [0.29, 0.717) is 12.2 Å². The second-order valence-corrected chi connectivity index (χ2v) is 5.78. The molecule has 1 aliphatic heterocycles. The van der Waals surface area contributed by atoms with E-state index in [2.05, 4.69) is 5.32 Å². The van der Waals surface area contributed by atoms with Gasteiger partial charge in [-0.3, -0.25) is 4.79 Å². The summed E-state index contributed by atoms with van der Waals surface area (Å²) >= 11 is 5.70. The minimum Gasteiger partial charge on any atom is -0.327 e. The van der Waals surface area contributed by atoms with E-state index in [-0.39, 0.29) is 10.9 Å². The lowest BCUT2D eigenvalue weighted by Gasteiger charge is -2.21. The fraction of sp³-hybridized carbons (Fsp3) is 0.533. The average molecular weight is 300 g/mol. The van der Waals surface area contributed by atoms with Crippen molar-refractivity contribution in [3.8, 4) is 0 Å². The lowest BCUT2D eigenvalue weighted by Crippen LogP contribution is -3.13. The highest BCUT2D eigenvalue weighted by Gasteiger charge is 2.16. The van der Waals surface area contributed by atoms with Crippen molar-refractivity contribution in [1.82, 2.24) is 0 Å². The van der Waals surface area contributed by atoms with Gasteiger partial charge in [0.2, 0.25) is 0 Å². The number of anilines is 1. The molecule has 0 unspecified atom stereocenters. The molecule has 0 atom stereocenters. The Morgan fingerprint density at radius 2 is 1.85 bits per heavy atom. The van der Waals surface area contributed by atoms with E-state index in [4.69, 9.17) is 11.6 Å². The molecule has 1 saturated heterocycles. The Morgan fingerprint density at radius 3 is 2.50 bits per heavy atom. The van der Waals surface area contributed by atoms with E-state index >= 15 is 0 Å². The smallest absolute Gasteiger partial charge is 0.279 e. The molecule has 0 spiro atoms. The predicted molar refractivity (Wildman–Crippen MR) is 78.7 cm³/mol. The van der Waals surface area contributed by atoms with Crippen LogP contribution in [-0.4, -0.2) is 25.5 Å². The maximum atomic E-state index is 13.0. The molecule has 3 nitrogen and oxygen atoms in total. The first kappa shape index (κ1) is 15.3. The van der Waals surface area contributed by atoms with Crippen LogP contribution in [0.3, 0.4) is 0 Å². The van der Waals surface area contributed by atoms with Crippen LogP contribution < -0.4 is 10.2 Å². The zero-order chi connectivity index (χ0) is 14.4. The van der Waals surface area contributed by atoms with Crippen LogP contribution in [-0.2, 0) is 4.79 Å². The molecule has 1 heterocycles. The summed E-state index contributed by atoms with van der Waals surface area (Å²) in [6, 6.07) is 4.24. The summed E-state index contributed by atoms with van der Waals surface area (Å²) in [5, 5.41) is 2.81. The first-order valence-electron chi connectivity index (χ1n) is 7.23. The third kappa shape index (κ3) is 4.76. The number of rotatable bonds is 3. The SMILES string of the molecule is O=C(C[NH+]1CCCCCCC1)Nc1ccc(F)c(Cl)c1. The second kappa shape index (κ2) is 7.60. The van der Waals surface area contributed by atoms with Crippen molar-refractivity contribution in [2.45, 2.75) is 32.1 Å². The number of carbonyl (C=O) groups is 1. The van der Waals surface area contributed by atoms with E-state index in [1.807, 2.05) is 0 Å². The maximum Gasteiger partial charge on any atom is 0.279 e. The molecule has 1 amide bonds. The molecule has 1 aromatic carbocycles. The van der Waals surface area contributed by atoms with E-state index in [9.17, 15) is 9.18 Å². The summed E-state index contributed by atoms with van der Waals surface area (Å²) in [6.45, 7) is 2.57. The number of nitrogens with one attached hydrogen (secondary N) is 2. The first-order chi connectivity index (χ1) is 9.65. The van der Waals surface area contributed by atoms with Gasteiger partial charge < -0.3 is 10.2 Å². The summed E-state index contributed by atoms with van der Waals surface area (Å²) in [7, 11) is 0. The van der Waals surface area contributed by atoms with Gasteiger partial charge in [0, 0.05) is 5.69 Å². The fourth-order valence-corrected chi connectivity index (χ4v) is 2.77. The molecule has 1 fully saturated rings. The van der Waals surface area contributed by atoms with Crippen LogP contribution >= 0.6 is 11.6 Å². The summed E-state index contributed by atoms with van der Waals surface area (Å²) < 4.78 is 13.0. The number of halogens is 2. The number of quaternary nitrogens is 1. The van der Waals surface area contributed by atoms with Crippen LogP contribution in [0.5, 0.6) is 0 Å². The lowest BCUT2D eigenvalue weighted by atomic mass is 10.1. The summed E-state index contributed by atoms with van der Waals surface area (Å²) in [5.41, 5.74) is 0.549. The molecule has 110 valence electrons. The van der Waals surface area contributed by atoms with Crippen LogP contribution in [0.4, 0.5) is 10.1 Å². The molecule has 2 rings (SSSR count). The summed E-state index contributed by atoms with van der Waals surface area (Å²) in [4.78, 5) is 13.3. The van der Waals surface area contributed by atoms with Gasteiger partial charge in [-0.2, -0.15) is 0 Å². The van der Waals surface area contributed by atoms with Gasteiger partial charge in [0.1, 0.15) is 5.82 Å². The Labute approximate surface area is 124 Å². The molecule has 5 heteroatoms. The van der Waals surface area contributed by atoms with E-state index in [1.54, 1.807) is 0 Å². The van der Waals surface area contributed by atoms with Crippen LogP contribution in [0.15, 0.2) is 18.2 Å². The first-order valence-corrected chi connectivity index (χ1v) is 7.61. The van der Waals surface area contributed by atoms with Crippen molar-refractivity contribution in [3.05, 3.63) is 29.0 Å². The Morgan fingerprint density at radius 1 is 1.20 bits per heavy atom. The number of likely N-dealkylation sites (tertiary alicyclic amines) is 1. The second-order valence-electron chi connectivity index (χ2n) is 5.37. The van der Waals surface area contributed by atoms with Crippen LogP contribution in [0, 0.1) is 5.82 Å². The molecule has 0 saturated carbocycles. The standard InChI is InChI=1S/C15H20ClFN2O/c16-13-10-12(6-7-14(13)17)18-15(20)11-19-8-4-2-1-3-5-9-19/h6-7,10H,1-5,8-9,11H2,(H,18,20)/p+1. The minimum atomic E-state index is -0.473. The number of amides is 1. The van der Waals surface area contributed by atoms with Gasteiger partial charge in [-0.1, -0.05) is 18.0 Å². The minimum absolute atomic E-state index is 0.0291. The highest BCUT2D eigenvalue weighted by Crippen LogP contribution is 2.19. The summed E-state index contributed by atoms with van der Waals surface area (Å²) in [6.07, 6.45) is 6.21. The van der Waals surface area contributed by atoms with Gasteiger partial charge in [-0.15, -0.1) is 0 Å². The maximum absolute atomic E-state index is 13.0. The molecule has 20 heavy (non-hydrogen) atoms. The van der Waals surface area contributed by atoms with Crippen LogP contribution in [0.25, 0.3) is 0 Å². The summed E-state index contributed by atoms with van der Waals surface area (Å²) in [5.74, 6) is -0.512. The molecular formula is C15H21ClFN2O+. The third-order valence-corrected chi connectivity index (χ3v) is 3.96. The molecular weight excluding hydrogens is 279 g/mol. The molecule has 2 N–H and O–H groups in total. The molecule has 0 aliphatic carbocycles. The van der Waals surface area contributed by atoms with Crippen molar-refractivity contribution in [2.24, 2.45) is 0 Å². The van der Waals surface area contributed by atoms with Crippen molar-refractivity contribution < 1.29 is 14.1 Å². The van der Waals surface area contributed by atoms with Gasteiger partial charge in [0.25, 0.3) is 5.91 Å². The topological polar surface area (TPSA) is 33.5 Å². The Kier molecular flexibility index (Phi) is 5.80. The van der Waals surface area contributed by atoms with Gasteiger partial charge >= 0.3 is 0 Å². The normalized spacial score (nSPS) is 17.3. The van der Waals surface area contributed by atoms with Crippen molar-refractivity contribution in [2.75, 3.05) is 25.0 Å². The zero-order valence-electron chi connectivity index (χ0n) is 11.6. The number of benzene rings is 1. The van der Waals surface area contributed by atoms with Gasteiger partial charge in [-0.05, 0) is 43.9 Å². The van der Waals surface area contributed by atoms with E-state index in [0.717, 1.165) is 13.1 Å². The highest BCUT2D eigenvalue weighted by molar-refractivity contribution is 6.31. The van der Waals surface area contributed by atoms with Gasteiger partial charge in [0.05, 0.1) is 18.1 Å². The quantitative estimate of drug-likeness (QED) is 0.882. The van der Waals surface area contributed by atoms with Crippen LogP contribution in [0.2, 0.25) is 5.02 Å². The van der Waals surface area contributed by atoms with Crippen molar-refractivity contribution in [3.63, 3.8) is 0 Å². The van der Waals surface area contributed by atoms with Crippen molar-refractivity contribution in [1.29, 1.82) is 0 Å². The number of hydrogen-bond donors (Lipinski definition) is 2. The Balaban J connectivity index is 1.85. The molecule has 1 aliphatic rings. The zero-order valence-corrected chi connectivity index (χ0v) is 12.3. The Bertz CT molecular complexity index is 459. The van der Waals surface area contributed by atoms with Gasteiger partial charge in [-0.25, -0.2) is 4.39 Å². The number of hydrogen-bond acceptors (Lipinski definition) is 1. The highest BCUT2D eigenvalue weighted by atomic mass is 35.5. The Hall–Kier alpha value is -1.13. The largest absolute Gasteiger partial charge is 0.327 e.